The van der Waals surface area contributed by atoms with E-state index in [1.807, 2.05) is 24.3 Å². The number of nitrogens with zero attached hydrogens (tertiary/aromatic N) is 2. The molecule has 3 N–H and O–H groups in total. The van der Waals surface area contributed by atoms with E-state index in [1.165, 1.54) is 35.2 Å². The average Bonchev–Trinajstić information content (AvgIpc) is 3.02. The van der Waals surface area contributed by atoms with Crippen molar-refractivity contribution in [3.8, 4) is 11.5 Å². The predicted molar refractivity (Wildman–Crippen MR) is 110 cm³/mol. The number of aromatic nitrogens is 1. The number of carbonyl (C=O) groups excluding carboxylic acids is 1. The molecule has 6 nitrogen and oxygen atoms in total. The van der Waals surface area contributed by atoms with Gasteiger partial charge in [0, 0.05) is 46.4 Å². The van der Waals surface area contributed by atoms with Gasteiger partial charge in [0.05, 0.1) is 6.21 Å². The number of hydrogen-bond donors (Lipinski definition) is 3. The summed E-state index contributed by atoms with van der Waals surface area (Å²) in [4.78, 5) is 12.2. The van der Waals surface area contributed by atoms with Crippen LogP contribution in [0.2, 0.25) is 0 Å². The molecule has 3 aromatic carbocycles. The van der Waals surface area contributed by atoms with Gasteiger partial charge in [0.15, 0.2) is 0 Å². The smallest absolute Gasteiger partial charge is 0.241 e. The molecule has 28 heavy (non-hydrogen) atoms. The predicted octanol–water partition coefficient (Wildman–Crippen LogP) is 3.75. The highest BCUT2D eigenvalue weighted by Gasteiger charge is 2.10. The minimum Gasteiger partial charge on any atom is -0.508 e. The highest BCUT2D eigenvalue weighted by atomic mass is 16.3. The first-order valence-electron chi connectivity index (χ1n) is 8.93. The second kappa shape index (κ2) is 7.44. The molecule has 6 heteroatoms. The lowest BCUT2D eigenvalue weighted by atomic mass is 10.2. The minimum atomic E-state index is -0.226. The number of carbonyl (C=O) groups is 1. The standard InChI is InChI=1S/C22H19N3O3/c26-16-10-9-15(21(27)13-16)14-23-24-22(28)11-12-25-19-7-3-1-5-17(19)18-6-2-4-8-20(18)25/h1-10,13-14,26-27H,11-12H2,(H,24,28)/b23-14-. The molecule has 0 radical (unpaired) electrons. The van der Waals surface area contributed by atoms with Gasteiger partial charge >= 0.3 is 0 Å². The monoisotopic (exact) mass is 373 g/mol. The topological polar surface area (TPSA) is 86.9 Å². The van der Waals surface area contributed by atoms with E-state index in [2.05, 4.69) is 39.4 Å². The maximum Gasteiger partial charge on any atom is 0.241 e. The van der Waals surface area contributed by atoms with Gasteiger partial charge in [-0.25, -0.2) is 5.43 Å². The zero-order valence-electron chi connectivity index (χ0n) is 15.0. The maximum absolute atomic E-state index is 12.2. The summed E-state index contributed by atoms with van der Waals surface area (Å²) in [6.45, 7) is 0.528. The highest BCUT2D eigenvalue weighted by Crippen LogP contribution is 2.28. The van der Waals surface area contributed by atoms with E-state index in [4.69, 9.17) is 0 Å². The molecule has 0 atom stereocenters. The van der Waals surface area contributed by atoms with Crippen LogP contribution in [0.15, 0.2) is 71.8 Å². The van der Waals surface area contributed by atoms with Gasteiger partial charge in [-0.1, -0.05) is 36.4 Å². The van der Waals surface area contributed by atoms with Crippen LogP contribution in [0.5, 0.6) is 11.5 Å². The van der Waals surface area contributed by atoms with Crippen LogP contribution >= 0.6 is 0 Å². The fourth-order valence-corrected chi connectivity index (χ4v) is 3.33. The van der Waals surface area contributed by atoms with Crippen molar-refractivity contribution in [2.24, 2.45) is 5.10 Å². The largest absolute Gasteiger partial charge is 0.508 e. The normalized spacial score (nSPS) is 11.4. The number of para-hydroxylation sites is 2. The number of nitrogens with one attached hydrogen (secondary N) is 1. The van der Waals surface area contributed by atoms with Gasteiger partial charge < -0.3 is 14.8 Å². The molecule has 1 aromatic heterocycles. The van der Waals surface area contributed by atoms with E-state index >= 15 is 0 Å². The van der Waals surface area contributed by atoms with Crippen LogP contribution in [0.4, 0.5) is 0 Å². The molecule has 0 fully saturated rings. The summed E-state index contributed by atoms with van der Waals surface area (Å²) >= 11 is 0. The third-order valence-electron chi connectivity index (χ3n) is 4.65. The van der Waals surface area contributed by atoms with Gasteiger partial charge in [-0.3, -0.25) is 4.79 Å². The highest BCUT2D eigenvalue weighted by molar-refractivity contribution is 6.08. The zero-order chi connectivity index (χ0) is 19.5. The molecule has 1 heterocycles. The van der Waals surface area contributed by atoms with Crippen LogP contribution in [-0.2, 0) is 11.3 Å². The Kier molecular flexibility index (Phi) is 4.68. The van der Waals surface area contributed by atoms with E-state index in [0.29, 0.717) is 12.1 Å². The molecule has 0 aliphatic heterocycles. The van der Waals surface area contributed by atoms with Crippen LogP contribution < -0.4 is 5.43 Å². The Morgan fingerprint density at radius 1 is 0.964 bits per heavy atom. The van der Waals surface area contributed by atoms with Crippen LogP contribution in [0.3, 0.4) is 0 Å². The van der Waals surface area contributed by atoms with E-state index < -0.39 is 0 Å². The summed E-state index contributed by atoms with van der Waals surface area (Å²) in [5.74, 6) is -0.371. The second-order valence-corrected chi connectivity index (χ2v) is 6.47. The lowest BCUT2D eigenvalue weighted by Gasteiger charge is -2.06. The van der Waals surface area contributed by atoms with E-state index in [9.17, 15) is 15.0 Å². The summed E-state index contributed by atoms with van der Waals surface area (Å²) in [5, 5.41) is 25.2. The number of fused-ring (bicyclic) bond motifs is 3. The Bertz CT molecular complexity index is 1140. The first kappa shape index (κ1) is 17.6. The molecule has 0 unspecified atom stereocenters. The Hall–Kier alpha value is -3.80. The van der Waals surface area contributed by atoms with Crippen molar-refractivity contribution in [2.45, 2.75) is 13.0 Å². The average molecular weight is 373 g/mol. The molecule has 0 bridgehead atoms. The minimum absolute atomic E-state index is 0.0372. The molecule has 1 amide bonds. The third kappa shape index (κ3) is 3.40. The van der Waals surface area contributed by atoms with Crippen LogP contribution in [0.1, 0.15) is 12.0 Å². The van der Waals surface area contributed by atoms with Crippen LogP contribution in [0.25, 0.3) is 21.8 Å². The van der Waals surface area contributed by atoms with Crippen molar-refractivity contribution in [2.75, 3.05) is 0 Å². The van der Waals surface area contributed by atoms with Crippen molar-refractivity contribution in [1.82, 2.24) is 9.99 Å². The first-order valence-corrected chi connectivity index (χ1v) is 8.93. The summed E-state index contributed by atoms with van der Waals surface area (Å²) in [6.07, 6.45) is 1.61. The van der Waals surface area contributed by atoms with Gasteiger partial charge in [-0.05, 0) is 24.3 Å². The summed E-state index contributed by atoms with van der Waals surface area (Å²) < 4.78 is 2.14. The summed E-state index contributed by atoms with van der Waals surface area (Å²) in [6, 6.07) is 20.5. The molecule has 0 saturated carbocycles. The Morgan fingerprint density at radius 3 is 2.25 bits per heavy atom. The van der Waals surface area contributed by atoms with Gasteiger partial charge in [0.1, 0.15) is 11.5 Å². The van der Waals surface area contributed by atoms with Gasteiger partial charge in [-0.15, -0.1) is 0 Å². The second-order valence-electron chi connectivity index (χ2n) is 6.47. The number of aromatic hydroxyl groups is 2. The summed E-state index contributed by atoms with van der Waals surface area (Å²) in [7, 11) is 0. The Labute approximate surface area is 161 Å². The molecule has 140 valence electrons. The number of rotatable bonds is 5. The van der Waals surface area contributed by atoms with Crippen molar-refractivity contribution < 1.29 is 15.0 Å². The zero-order valence-corrected chi connectivity index (χ0v) is 15.0. The molecule has 0 saturated heterocycles. The molecular weight excluding hydrogens is 354 g/mol. The lowest BCUT2D eigenvalue weighted by Crippen LogP contribution is -2.19. The maximum atomic E-state index is 12.2. The van der Waals surface area contributed by atoms with E-state index in [-0.39, 0.29) is 23.8 Å². The Morgan fingerprint density at radius 2 is 1.61 bits per heavy atom. The number of amides is 1. The van der Waals surface area contributed by atoms with Crippen molar-refractivity contribution in [3.63, 3.8) is 0 Å². The van der Waals surface area contributed by atoms with Crippen molar-refractivity contribution in [3.05, 3.63) is 72.3 Å². The molecule has 0 aliphatic carbocycles. The molecule has 4 rings (SSSR count). The Balaban J connectivity index is 1.47. The van der Waals surface area contributed by atoms with Crippen LogP contribution in [0, 0.1) is 0 Å². The van der Waals surface area contributed by atoms with Gasteiger partial charge in [-0.2, -0.15) is 5.10 Å². The number of phenols is 2. The quantitative estimate of drug-likeness (QED) is 0.368. The number of benzene rings is 3. The summed E-state index contributed by atoms with van der Waals surface area (Å²) in [5.41, 5.74) is 5.06. The SMILES string of the molecule is O=C(CCn1c2ccccc2c2ccccc21)N/N=C\c1ccc(O)cc1O. The molecule has 0 spiro atoms. The number of hydrogen-bond acceptors (Lipinski definition) is 4. The third-order valence-corrected chi connectivity index (χ3v) is 4.65. The molecule has 4 aromatic rings. The van der Waals surface area contributed by atoms with E-state index in [0.717, 1.165) is 11.0 Å². The van der Waals surface area contributed by atoms with Gasteiger partial charge in [0.25, 0.3) is 0 Å². The van der Waals surface area contributed by atoms with Crippen molar-refractivity contribution in [1.29, 1.82) is 0 Å². The van der Waals surface area contributed by atoms with Crippen molar-refractivity contribution >= 4 is 33.9 Å². The lowest BCUT2D eigenvalue weighted by molar-refractivity contribution is -0.121. The molecular formula is C22H19N3O3. The van der Waals surface area contributed by atoms with Crippen LogP contribution in [-0.4, -0.2) is 26.9 Å². The number of hydrazone groups is 1. The fraction of sp³-hybridized carbons (Fsp3) is 0.0909. The number of aryl methyl sites for hydroxylation is 1. The molecule has 0 aliphatic rings. The number of phenolic OH excluding ortho intramolecular Hbond substituents is 2. The first-order chi connectivity index (χ1) is 13.6. The fourth-order valence-electron chi connectivity index (χ4n) is 3.33. The van der Waals surface area contributed by atoms with E-state index in [1.54, 1.807) is 0 Å². The van der Waals surface area contributed by atoms with Gasteiger partial charge in [0.2, 0.25) is 5.91 Å².